The lowest BCUT2D eigenvalue weighted by Gasteiger charge is -1.92. The zero-order valence-corrected chi connectivity index (χ0v) is 6.00. The largest absolute Gasteiger partial charge is 0.237 e. The minimum Gasteiger partial charge on any atom is -0.237 e. The van der Waals surface area contributed by atoms with E-state index in [1.54, 1.807) is 12.1 Å². The van der Waals surface area contributed by atoms with Crippen molar-refractivity contribution in [3.05, 3.63) is 40.7 Å². The van der Waals surface area contributed by atoms with Gasteiger partial charge < -0.3 is 0 Å². The van der Waals surface area contributed by atoms with Gasteiger partial charge in [0.1, 0.15) is 0 Å². The molecule has 0 saturated heterocycles. The van der Waals surface area contributed by atoms with E-state index in [0.29, 0.717) is 0 Å². The number of nitrogens with zero attached hydrogens (tertiary/aromatic N) is 3. The van der Waals surface area contributed by atoms with Crippen molar-refractivity contribution in [3.63, 3.8) is 0 Å². The fraction of sp³-hybridized carbons (Fsp3) is 0. The SMILES string of the molecule is [2H]c1c(C#N)ccc(C#N)c1[N+]#[C-]. The van der Waals surface area contributed by atoms with Crippen LogP contribution in [0.1, 0.15) is 12.5 Å². The van der Waals surface area contributed by atoms with Gasteiger partial charge in [-0.15, -0.1) is 0 Å². The molecule has 0 aliphatic carbocycles. The average Bonchev–Trinajstić information content (AvgIpc) is 2.17. The van der Waals surface area contributed by atoms with E-state index in [2.05, 4.69) is 4.85 Å². The predicted octanol–water partition coefficient (Wildman–Crippen LogP) is 1.98. The van der Waals surface area contributed by atoms with Gasteiger partial charge in [0, 0.05) is 5.56 Å². The number of benzene rings is 1. The second-order valence-corrected chi connectivity index (χ2v) is 1.97. The lowest BCUT2D eigenvalue weighted by molar-refractivity contribution is 1.46. The van der Waals surface area contributed by atoms with Gasteiger partial charge in [0.15, 0.2) is 0 Å². The minimum atomic E-state index is -0.170. The molecule has 0 saturated carbocycles. The molecule has 0 spiro atoms. The predicted molar refractivity (Wildman–Crippen MR) is 42.1 cm³/mol. The summed E-state index contributed by atoms with van der Waals surface area (Å²) in [5.74, 6) is 0. The van der Waals surface area contributed by atoms with Crippen LogP contribution in [0.4, 0.5) is 5.69 Å². The van der Waals surface area contributed by atoms with E-state index in [1.165, 1.54) is 12.1 Å². The summed E-state index contributed by atoms with van der Waals surface area (Å²) in [6, 6.07) is 6.16. The summed E-state index contributed by atoms with van der Waals surface area (Å²) in [7, 11) is 0. The van der Waals surface area contributed by atoms with Crippen LogP contribution >= 0.6 is 0 Å². The van der Waals surface area contributed by atoms with Crippen LogP contribution in [0.2, 0.25) is 0 Å². The van der Waals surface area contributed by atoms with Crippen molar-refractivity contribution in [1.29, 1.82) is 10.5 Å². The quantitative estimate of drug-likeness (QED) is 0.536. The van der Waals surface area contributed by atoms with Gasteiger partial charge in [-0.3, -0.25) is 0 Å². The Kier molecular flexibility index (Phi) is 1.70. The van der Waals surface area contributed by atoms with E-state index < -0.39 is 0 Å². The number of rotatable bonds is 0. The Bertz CT molecular complexity index is 471. The molecule has 3 nitrogen and oxygen atoms in total. The van der Waals surface area contributed by atoms with E-state index in [9.17, 15) is 0 Å². The first-order valence-corrected chi connectivity index (χ1v) is 3.06. The Labute approximate surface area is 71.3 Å². The first kappa shape index (κ1) is 6.40. The molecule has 1 aromatic carbocycles. The molecule has 0 aromatic heterocycles. The van der Waals surface area contributed by atoms with Crippen molar-refractivity contribution in [2.45, 2.75) is 0 Å². The van der Waals surface area contributed by atoms with Gasteiger partial charge in [0.2, 0.25) is 5.69 Å². The monoisotopic (exact) mass is 154 g/mol. The van der Waals surface area contributed by atoms with Crippen LogP contribution in [0.15, 0.2) is 18.2 Å². The summed E-state index contributed by atoms with van der Waals surface area (Å²) in [5, 5.41) is 17.1. The summed E-state index contributed by atoms with van der Waals surface area (Å²) < 4.78 is 7.40. The standard InChI is InChI=1S/C9H3N3/c1-12-9-4-7(5-10)2-3-8(9)6-11/h2-4H/i4D. The third-order valence-electron chi connectivity index (χ3n) is 1.28. The summed E-state index contributed by atoms with van der Waals surface area (Å²) in [4.78, 5) is 3.04. The third-order valence-corrected chi connectivity index (χ3v) is 1.28. The lowest BCUT2D eigenvalue weighted by atomic mass is 10.1. The van der Waals surface area contributed by atoms with Crippen molar-refractivity contribution in [2.24, 2.45) is 0 Å². The average molecular weight is 154 g/mol. The Morgan fingerprint density at radius 3 is 2.67 bits per heavy atom. The molecule has 0 atom stereocenters. The molecule has 12 heavy (non-hydrogen) atoms. The Morgan fingerprint density at radius 2 is 2.17 bits per heavy atom. The first-order chi connectivity index (χ1) is 6.24. The third kappa shape index (κ3) is 1.24. The molecule has 0 amide bonds. The molecule has 0 N–H and O–H groups in total. The molecule has 1 aromatic rings. The van der Waals surface area contributed by atoms with E-state index in [4.69, 9.17) is 18.5 Å². The molecule has 1 rings (SSSR count). The molecule has 3 heteroatoms. The van der Waals surface area contributed by atoms with Crippen LogP contribution in [0.5, 0.6) is 0 Å². The van der Waals surface area contributed by atoms with Gasteiger partial charge in [-0.2, -0.15) is 10.5 Å². The van der Waals surface area contributed by atoms with Crippen LogP contribution in [0.25, 0.3) is 4.85 Å². The summed E-state index contributed by atoms with van der Waals surface area (Å²) in [6.45, 7) is 6.74. The maximum Gasteiger partial charge on any atom is 0.205 e. The molecule has 0 fully saturated rings. The molecule has 0 aliphatic rings. The lowest BCUT2D eigenvalue weighted by Crippen LogP contribution is -1.77. The van der Waals surface area contributed by atoms with Crippen LogP contribution in [-0.2, 0) is 0 Å². The van der Waals surface area contributed by atoms with Crippen molar-refractivity contribution < 1.29 is 1.37 Å². The molecule has 0 radical (unpaired) electrons. The van der Waals surface area contributed by atoms with Gasteiger partial charge in [0.25, 0.3) is 0 Å². The maximum absolute atomic E-state index is 8.58. The fourth-order valence-corrected chi connectivity index (χ4v) is 0.726. The van der Waals surface area contributed by atoms with E-state index in [0.717, 1.165) is 0 Å². The molecule has 0 aliphatic heterocycles. The van der Waals surface area contributed by atoms with Crippen LogP contribution in [0, 0.1) is 29.2 Å². The van der Waals surface area contributed by atoms with Crippen LogP contribution in [0.3, 0.4) is 0 Å². The normalized spacial score (nSPS) is 8.92. The van der Waals surface area contributed by atoms with E-state index in [1.807, 2.05) is 0 Å². The minimum absolute atomic E-state index is 0.0541. The highest BCUT2D eigenvalue weighted by Crippen LogP contribution is 2.19. The highest BCUT2D eigenvalue weighted by atomic mass is 14.6. The zero-order valence-electron chi connectivity index (χ0n) is 7.00. The Hall–Kier alpha value is -2.31. The summed E-state index contributed by atoms with van der Waals surface area (Å²) in [5.41, 5.74) is 0.200. The summed E-state index contributed by atoms with van der Waals surface area (Å²) >= 11 is 0. The zero-order chi connectivity index (χ0) is 9.84. The number of nitriles is 2. The van der Waals surface area contributed by atoms with Crippen LogP contribution < -0.4 is 0 Å². The smallest absolute Gasteiger partial charge is 0.205 e. The van der Waals surface area contributed by atoms with Gasteiger partial charge >= 0.3 is 0 Å². The Morgan fingerprint density at radius 1 is 1.42 bits per heavy atom. The van der Waals surface area contributed by atoms with Gasteiger partial charge in [0.05, 0.1) is 25.6 Å². The molecule has 54 valence electrons. The van der Waals surface area contributed by atoms with Crippen molar-refractivity contribution in [2.75, 3.05) is 0 Å². The van der Waals surface area contributed by atoms with E-state index in [-0.39, 0.29) is 22.9 Å². The topological polar surface area (TPSA) is 51.9 Å². The van der Waals surface area contributed by atoms with Crippen molar-refractivity contribution in [3.8, 4) is 12.1 Å². The number of hydrogen-bond donors (Lipinski definition) is 0. The maximum atomic E-state index is 8.58. The Balaban J connectivity index is 3.57. The van der Waals surface area contributed by atoms with E-state index >= 15 is 0 Å². The molecular weight excluding hydrogens is 150 g/mol. The first-order valence-electron chi connectivity index (χ1n) is 3.56. The second-order valence-electron chi connectivity index (χ2n) is 1.97. The molecule has 0 bridgehead atoms. The van der Waals surface area contributed by atoms with Crippen LogP contribution in [-0.4, -0.2) is 0 Å². The highest BCUT2D eigenvalue weighted by molar-refractivity contribution is 5.61. The van der Waals surface area contributed by atoms with Gasteiger partial charge in [-0.1, -0.05) is 6.07 Å². The van der Waals surface area contributed by atoms with Gasteiger partial charge in [-0.25, -0.2) is 4.85 Å². The number of hydrogen-bond acceptors (Lipinski definition) is 2. The molecular formula is C9H3N3. The second kappa shape index (κ2) is 3.19. The van der Waals surface area contributed by atoms with Crippen molar-refractivity contribution >= 4 is 5.69 Å². The molecule has 0 heterocycles. The summed E-state index contributed by atoms with van der Waals surface area (Å²) in [6.07, 6.45) is 0. The molecule has 0 unspecified atom stereocenters. The van der Waals surface area contributed by atoms with Gasteiger partial charge in [-0.05, 0) is 12.1 Å². The fourth-order valence-electron chi connectivity index (χ4n) is 0.726. The van der Waals surface area contributed by atoms with Crippen molar-refractivity contribution in [1.82, 2.24) is 0 Å². The highest BCUT2D eigenvalue weighted by Gasteiger charge is 2.01.